The molecule has 0 aliphatic rings. The zero-order valence-corrected chi connectivity index (χ0v) is 18.1. The van der Waals surface area contributed by atoms with Gasteiger partial charge in [-0.15, -0.1) is 36.2 Å². The van der Waals surface area contributed by atoms with Crippen molar-refractivity contribution >= 4 is 52.8 Å². The minimum absolute atomic E-state index is 0. The standard InChI is InChI=1S/C20H13FN6OS.2ClH/c21-16-7-12(19(28)26-20-22-5-6-29-20)1-3-15(16)17-10-23-18-4-2-13(11-27(17)18)14-8-24-25-9-14;;/h1-11H,(H,24,25)(H,22,26,28);2*1H. The molecule has 158 valence electrons. The lowest BCUT2D eigenvalue weighted by Crippen LogP contribution is -2.12. The molecule has 0 atom stereocenters. The molecule has 0 radical (unpaired) electrons. The maximum atomic E-state index is 14.9. The van der Waals surface area contributed by atoms with Crippen LogP contribution >= 0.6 is 36.2 Å². The van der Waals surface area contributed by atoms with Crippen molar-refractivity contribution in [2.75, 3.05) is 5.32 Å². The summed E-state index contributed by atoms with van der Waals surface area (Å²) in [5.41, 5.74) is 3.69. The number of imidazole rings is 1. The fraction of sp³-hybridized carbons (Fsp3) is 0. The number of hydrogen-bond acceptors (Lipinski definition) is 5. The third kappa shape index (κ3) is 4.29. The molecule has 4 heterocycles. The van der Waals surface area contributed by atoms with Gasteiger partial charge in [0.15, 0.2) is 5.13 Å². The van der Waals surface area contributed by atoms with E-state index in [0.717, 1.165) is 11.1 Å². The van der Waals surface area contributed by atoms with E-state index in [1.165, 1.54) is 17.4 Å². The first-order valence-electron chi connectivity index (χ1n) is 8.66. The normalized spacial score (nSPS) is 10.4. The number of benzene rings is 1. The number of anilines is 1. The van der Waals surface area contributed by atoms with Gasteiger partial charge in [0.25, 0.3) is 5.91 Å². The van der Waals surface area contributed by atoms with E-state index in [2.05, 4.69) is 25.5 Å². The summed E-state index contributed by atoms with van der Waals surface area (Å²) >= 11 is 1.30. The minimum atomic E-state index is -0.507. The molecule has 0 bridgehead atoms. The molecule has 0 spiro atoms. The van der Waals surface area contributed by atoms with Gasteiger partial charge in [-0.2, -0.15) is 5.10 Å². The maximum Gasteiger partial charge on any atom is 0.257 e. The molecule has 1 aromatic carbocycles. The van der Waals surface area contributed by atoms with E-state index in [1.54, 1.807) is 42.3 Å². The van der Waals surface area contributed by atoms with Gasteiger partial charge in [-0.05, 0) is 30.3 Å². The van der Waals surface area contributed by atoms with Gasteiger partial charge in [-0.25, -0.2) is 14.4 Å². The first kappa shape index (κ1) is 22.4. The van der Waals surface area contributed by atoms with Gasteiger partial charge in [0.05, 0.1) is 18.1 Å². The molecular weight excluding hydrogens is 462 g/mol. The molecular formula is C20H15Cl2FN6OS. The van der Waals surface area contributed by atoms with Gasteiger partial charge in [0.1, 0.15) is 11.5 Å². The number of aromatic nitrogens is 5. The number of nitrogens with zero attached hydrogens (tertiary/aromatic N) is 4. The summed E-state index contributed by atoms with van der Waals surface area (Å²) in [7, 11) is 0. The smallest absolute Gasteiger partial charge is 0.257 e. The van der Waals surface area contributed by atoms with Gasteiger partial charge < -0.3 is 0 Å². The van der Waals surface area contributed by atoms with Crippen molar-refractivity contribution in [2.24, 2.45) is 0 Å². The molecule has 0 unspecified atom stereocenters. The van der Waals surface area contributed by atoms with Crippen LogP contribution in [-0.4, -0.2) is 30.5 Å². The average molecular weight is 477 g/mol. The quantitative estimate of drug-likeness (QED) is 0.378. The van der Waals surface area contributed by atoms with Crippen LogP contribution < -0.4 is 5.32 Å². The van der Waals surface area contributed by atoms with Crippen molar-refractivity contribution in [1.82, 2.24) is 24.6 Å². The summed E-state index contributed by atoms with van der Waals surface area (Å²) in [4.78, 5) is 20.7. The van der Waals surface area contributed by atoms with Crippen molar-refractivity contribution in [1.29, 1.82) is 0 Å². The molecule has 0 saturated heterocycles. The first-order chi connectivity index (χ1) is 14.2. The number of rotatable bonds is 4. The zero-order chi connectivity index (χ0) is 19.8. The van der Waals surface area contributed by atoms with Crippen LogP contribution in [0.5, 0.6) is 0 Å². The largest absolute Gasteiger partial charge is 0.299 e. The van der Waals surface area contributed by atoms with Crippen LogP contribution in [0.15, 0.2) is 66.7 Å². The lowest BCUT2D eigenvalue weighted by Gasteiger charge is -2.07. The summed E-state index contributed by atoms with van der Waals surface area (Å²) in [6.45, 7) is 0. The van der Waals surface area contributed by atoms with Crippen LogP contribution in [0.25, 0.3) is 28.0 Å². The second kappa shape index (κ2) is 9.25. The zero-order valence-electron chi connectivity index (χ0n) is 15.7. The van der Waals surface area contributed by atoms with E-state index >= 15 is 0 Å². The van der Waals surface area contributed by atoms with Crippen molar-refractivity contribution in [3.8, 4) is 22.4 Å². The van der Waals surface area contributed by atoms with Crippen LogP contribution in [-0.2, 0) is 0 Å². The second-order valence-corrected chi connectivity index (χ2v) is 7.16. The van der Waals surface area contributed by atoms with Gasteiger partial charge in [0, 0.05) is 46.2 Å². The lowest BCUT2D eigenvalue weighted by molar-refractivity contribution is 0.102. The number of fused-ring (bicyclic) bond motifs is 1. The number of pyridine rings is 1. The molecule has 0 saturated carbocycles. The lowest BCUT2D eigenvalue weighted by atomic mass is 10.1. The predicted molar refractivity (Wildman–Crippen MR) is 123 cm³/mol. The fourth-order valence-corrected chi connectivity index (χ4v) is 3.60. The monoisotopic (exact) mass is 476 g/mol. The Morgan fingerprint density at radius 2 is 1.97 bits per heavy atom. The highest BCUT2D eigenvalue weighted by Crippen LogP contribution is 2.27. The second-order valence-electron chi connectivity index (χ2n) is 6.26. The molecule has 0 aliphatic heterocycles. The van der Waals surface area contributed by atoms with Crippen LogP contribution in [0, 0.1) is 5.82 Å². The van der Waals surface area contributed by atoms with Crippen molar-refractivity contribution in [3.63, 3.8) is 0 Å². The average Bonchev–Trinajstić information content (AvgIpc) is 3.49. The molecule has 2 N–H and O–H groups in total. The highest BCUT2D eigenvalue weighted by atomic mass is 35.5. The Hall–Kier alpha value is -3.27. The molecule has 1 amide bonds. The van der Waals surface area contributed by atoms with Gasteiger partial charge >= 0.3 is 0 Å². The summed E-state index contributed by atoms with van der Waals surface area (Å²) < 4.78 is 16.7. The SMILES string of the molecule is Cl.Cl.O=C(Nc1nccs1)c1ccc(-c2cnc3ccc(-c4cn[nH]c4)cn23)c(F)c1. The number of aromatic amines is 1. The Morgan fingerprint density at radius 3 is 2.68 bits per heavy atom. The highest BCUT2D eigenvalue weighted by Gasteiger charge is 2.15. The Kier molecular flexibility index (Phi) is 6.69. The number of amides is 1. The Bertz CT molecular complexity index is 1320. The third-order valence-electron chi connectivity index (χ3n) is 4.50. The molecule has 11 heteroatoms. The molecule has 7 nitrogen and oxygen atoms in total. The Morgan fingerprint density at radius 1 is 1.10 bits per heavy atom. The van der Waals surface area contributed by atoms with E-state index < -0.39 is 11.7 Å². The maximum absolute atomic E-state index is 14.9. The van der Waals surface area contributed by atoms with E-state index in [-0.39, 0.29) is 30.4 Å². The number of hydrogen-bond donors (Lipinski definition) is 2. The number of thiazole rings is 1. The highest BCUT2D eigenvalue weighted by molar-refractivity contribution is 7.13. The van der Waals surface area contributed by atoms with Crippen LogP contribution in [0.1, 0.15) is 10.4 Å². The molecule has 5 aromatic rings. The van der Waals surface area contributed by atoms with Crippen molar-refractivity contribution in [2.45, 2.75) is 0 Å². The van der Waals surface area contributed by atoms with Gasteiger partial charge in [0.2, 0.25) is 0 Å². The van der Waals surface area contributed by atoms with E-state index in [0.29, 0.717) is 22.0 Å². The summed E-state index contributed by atoms with van der Waals surface area (Å²) in [6, 6.07) is 8.18. The Labute approximate surface area is 192 Å². The van der Waals surface area contributed by atoms with Crippen LogP contribution in [0.2, 0.25) is 0 Å². The van der Waals surface area contributed by atoms with E-state index in [1.807, 2.05) is 22.7 Å². The number of H-pyrrole nitrogens is 1. The molecule has 0 aliphatic carbocycles. The van der Waals surface area contributed by atoms with Crippen molar-refractivity contribution in [3.05, 3.63) is 78.1 Å². The molecule has 31 heavy (non-hydrogen) atoms. The molecule has 4 aromatic heterocycles. The summed E-state index contributed by atoms with van der Waals surface area (Å²) in [6.07, 6.45) is 8.59. The molecule has 0 fully saturated rings. The van der Waals surface area contributed by atoms with Gasteiger partial charge in [-0.3, -0.25) is 19.6 Å². The van der Waals surface area contributed by atoms with E-state index in [9.17, 15) is 9.18 Å². The van der Waals surface area contributed by atoms with Crippen LogP contribution in [0.3, 0.4) is 0 Å². The van der Waals surface area contributed by atoms with Crippen LogP contribution in [0.4, 0.5) is 9.52 Å². The number of carbonyl (C=O) groups is 1. The Balaban J connectivity index is 0.00000136. The fourth-order valence-electron chi connectivity index (χ4n) is 3.08. The van der Waals surface area contributed by atoms with E-state index in [4.69, 9.17) is 0 Å². The number of halogens is 3. The topological polar surface area (TPSA) is 88.0 Å². The minimum Gasteiger partial charge on any atom is -0.299 e. The van der Waals surface area contributed by atoms with Crippen molar-refractivity contribution < 1.29 is 9.18 Å². The third-order valence-corrected chi connectivity index (χ3v) is 5.19. The predicted octanol–water partition coefficient (Wildman–Crippen LogP) is 5.08. The summed E-state index contributed by atoms with van der Waals surface area (Å²) in [5.74, 6) is -0.918. The summed E-state index contributed by atoms with van der Waals surface area (Å²) in [5, 5.41) is 11.6. The number of nitrogens with one attached hydrogen (secondary N) is 2. The molecule has 5 rings (SSSR count). The van der Waals surface area contributed by atoms with Gasteiger partial charge in [-0.1, -0.05) is 0 Å². The number of carbonyl (C=O) groups excluding carboxylic acids is 1. The first-order valence-corrected chi connectivity index (χ1v) is 9.54.